The second-order valence-electron chi connectivity index (χ2n) is 5.58. The molecular formula is C18H15ClFN3O2S. The largest absolute Gasteiger partial charge is 0.340 e. The lowest BCUT2D eigenvalue weighted by molar-refractivity contribution is 0.599. The first-order chi connectivity index (χ1) is 12.3. The molecule has 0 atom stereocenters. The van der Waals surface area contributed by atoms with E-state index >= 15 is 0 Å². The molecule has 1 aromatic heterocycles. The van der Waals surface area contributed by atoms with E-state index in [4.69, 9.17) is 11.6 Å². The predicted molar refractivity (Wildman–Crippen MR) is 101 cm³/mol. The molecule has 2 aromatic carbocycles. The van der Waals surface area contributed by atoms with Crippen LogP contribution < -0.4 is 10.0 Å². The molecule has 5 nitrogen and oxygen atoms in total. The van der Waals surface area contributed by atoms with Gasteiger partial charge in [-0.3, -0.25) is 4.72 Å². The molecule has 26 heavy (non-hydrogen) atoms. The van der Waals surface area contributed by atoms with Gasteiger partial charge in [-0.2, -0.15) is 0 Å². The molecule has 0 saturated heterocycles. The van der Waals surface area contributed by atoms with E-state index in [1.165, 1.54) is 18.3 Å². The highest BCUT2D eigenvalue weighted by atomic mass is 35.5. The molecule has 0 amide bonds. The Kier molecular flexibility index (Phi) is 5.11. The molecule has 0 aliphatic heterocycles. The summed E-state index contributed by atoms with van der Waals surface area (Å²) in [5, 5.41) is 3.72. The number of nitrogens with one attached hydrogen (secondary N) is 2. The summed E-state index contributed by atoms with van der Waals surface area (Å²) >= 11 is 6.09. The number of aromatic nitrogens is 1. The zero-order chi connectivity index (χ0) is 18.7. The zero-order valence-corrected chi connectivity index (χ0v) is 15.3. The monoisotopic (exact) mass is 391 g/mol. The highest BCUT2D eigenvalue weighted by Crippen LogP contribution is 2.23. The summed E-state index contributed by atoms with van der Waals surface area (Å²) in [6.45, 7) is 1.91. The van der Waals surface area contributed by atoms with Gasteiger partial charge >= 0.3 is 0 Å². The Balaban J connectivity index is 1.73. The third-order valence-electron chi connectivity index (χ3n) is 3.58. The van der Waals surface area contributed by atoms with E-state index in [0.717, 1.165) is 23.4 Å². The molecule has 3 aromatic rings. The average Bonchev–Trinajstić information content (AvgIpc) is 2.60. The summed E-state index contributed by atoms with van der Waals surface area (Å²) in [4.78, 5) is 4.14. The lowest BCUT2D eigenvalue weighted by Crippen LogP contribution is -2.13. The van der Waals surface area contributed by atoms with Gasteiger partial charge in [0.15, 0.2) is 0 Å². The van der Waals surface area contributed by atoms with Crippen molar-refractivity contribution in [3.63, 3.8) is 0 Å². The van der Waals surface area contributed by atoms with Gasteiger partial charge in [-0.15, -0.1) is 0 Å². The van der Waals surface area contributed by atoms with Crippen molar-refractivity contribution in [1.29, 1.82) is 0 Å². The third-order valence-corrected chi connectivity index (χ3v) is 5.39. The molecule has 0 fully saturated rings. The number of benzene rings is 2. The maximum atomic E-state index is 12.9. The van der Waals surface area contributed by atoms with Crippen LogP contribution in [0.1, 0.15) is 5.56 Å². The minimum atomic E-state index is -3.81. The van der Waals surface area contributed by atoms with Crippen LogP contribution in [0.15, 0.2) is 65.7 Å². The summed E-state index contributed by atoms with van der Waals surface area (Å²) in [5.74, 6) is 0.0342. The molecule has 2 N–H and O–H groups in total. The van der Waals surface area contributed by atoms with Crippen LogP contribution in [0, 0.1) is 12.7 Å². The number of rotatable bonds is 5. The van der Waals surface area contributed by atoms with E-state index in [1.807, 2.05) is 19.1 Å². The number of nitrogens with zero attached hydrogens (tertiary/aromatic N) is 1. The summed E-state index contributed by atoms with van der Waals surface area (Å²) in [6.07, 6.45) is 1.39. The molecule has 0 radical (unpaired) electrons. The van der Waals surface area contributed by atoms with Crippen molar-refractivity contribution in [2.45, 2.75) is 11.8 Å². The minimum absolute atomic E-state index is 0.0320. The van der Waals surface area contributed by atoms with Crippen molar-refractivity contribution in [1.82, 2.24) is 4.98 Å². The molecule has 0 spiro atoms. The lowest BCUT2D eigenvalue weighted by Gasteiger charge is -2.10. The van der Waals surface area contributed by atoms with Crippen LogP contribution >= 0.6 is 11.6 Å². The normalized spacial score (nSPS) is 11.2. The van der Waals surface area contributed by atoms with Gasteiger partial charge in [-0.25, -0.2) is 17.8 Å². The molecule has 0 saturated carbocycles. The van der Waals surface area contributed by atoms with E-state index in [9.17, 15) is 12.8 Å². The number of halogens is 2. The maximum absolute atomic E-state index is 12.9. The van der Waals surface area contributed by atoms with Gasteiger partial charge in [0.05, 0.1) is 16.8 Å². The molecule has 134 valence electrons. The number of pyridine rings is 1. The van der Waals surface area contributed by atoms with Gasteiger partial charge in [0.25, 0.3) is 10.0 Å². The number of hydrogen-bond acceptors (Lipinski definition) is 4. The van der Waals surface area contributed by atoms with Crippen molar-refractivity contribution >= 4 is 38.8 Å². The van der Waals surface area contributed by atoms with E-state index in [1.54, 1.807) is 18.2 Å². The van der Waals surface area contributed by atoms with Gasteiger partial charge in [0.2, 0.25) is 0 Å². The fourth-order valence-corrected chi connectivity index (χ4v) is 3.40. The number of hydrogen-bond donors (Lipinski definition) is 2. The van der Waals surface area contributed by atoms with E-state index < -0.39 is 15.8 Å². The molecule has 0 aliphatic carbocycles. The van der Waals surface area contributed by atoms with Gasteiger partial charge in [0, 0.05) is 10.7 Å². The Bertz CT molecular complexity index is 1020. The quantitative estimate of drug-likeness (QED) is 0.659. The molecule has 0 unspecified atom stereocenters. The molecular weight excluding hydrogens is 377 g/mol. The lowest BCUT2D eigenvalue weighted by atomic mass is 10.2. The van der Waals surface area contributed by atoms with Crippen molar-refractivity contribution in [3.05, 3.63) is 77.2 Å². The van der Waals surface area contributed by atoms with Gasteiger partial charge in [0.1, 0.15) is 11.6 Å². The molecule has 8 heteroatoms. The average molecular weight is 392 g/mol. The SMILES string of the molecule is Cc1ccc(Nc2ccc(NS(=O)(=O)c3ccc(F)cc3)cn2)cc1Cl. The van der Waals surface area contributed by atoms with Crippen LogP contribution in [0.5, 0.6) is 0 Å². The smallest absolute Gasteiger partial charge is 0.261 e. The standard InChI is InChI=1S/C18H15ClFN3O2S/c1-12-2-5-14(10-17(12)19)22-18-9-6-15(11-21-18)23-26(24,25)16-7-3-13(20)4-8-16/h2-11,23H,1H3,(H,21,22). The van der Waals surface area contributed by atoms with Crippen molar-refractivity contribution in [2.24, 2.45) is 0 Å². The molecule has 0 bridgehead atoms. The third kappa shape index (κ3) is 4.30. The number of aryl methyl sites for hydroxylation is 1. The Morgan fingerprint density at radius 1 is 1.00 bits per heavy atom. The van der Waals surface area contributed by atoms with Crippen LogP contribution in [0.25, 0.3) is 0 Å². The van der Waals surface area contributed by atoms with Crippen molar-refractivity contribution < 1.29 is 12.8 Å². The van der Waals surface area contributed by atoms with Crippen LogP contribution in [0.2, 0.25) is 5.02 Å². The number of anilines is 3. The second-order valence-corrected chi connectivity index (χ2v) is 7.67. The topological polar surface area (TPSA) is 71.1 Å². The Morgan fingerprint density at radius 2 is 1.69 bits per heavy atom. The Morgan fingerprint density at radius 3 is 2.31 bits per heavy atom. The Hall–Kier alpha value is -2.64. The first kappa shape index (κ1) is 18.2. The predicted octanol–water partition coefficient (Wildman–Crippen LogP) is 4.73. The molecule has 3 rings (SSSR count). The highest BCUT2D eigenvalue weighted by molar-refractivity contribution is 7.92. The van der Waals surface area contributed by atoms with Crippen molar-refractivity contribution in [3.8, 4) is 0 Å². The molecule has 0 aliphatic rings. The van der Waals surface area contributed by atoms with Crippen LogP contribution in [-0.2, 0) is 10.0 Å². The van der Waals surface area contributed by atoms with E-state index in [0.29, 0.717) is 16.5 Å². The van der Waals surface area contributed by atoms with E-state index in [2.05, 4.69) is 15.0 Å². The Labute approximate surface area is 155 Å². The number of sulfonamides is 1. The van der Waals surface area contributed by atoms with Crippen molar-refractivity contribution in [2.75, 3.05) is 10.0 Å². The summed E-state index contributed by atoms with van der Waals surface area (Å²) in [7, 11) is -3.81. The second kappa shape index (κ2) is 7.31. The first-order valence-electron chi connectivity index (χ1n) is 7.61. The van der Waals surface area contributed by atoms with Gasteiger partial charge in [-0.05, 0) is 61.0 Å². The van der Waals surface area contributed by atoms with E-state index in [-0.39, 0.29) is 4.90 Å². The fraction of sp³-hybridized carbons (Fsp3) is 0.0556. The minimum Gasteiger partial charge on any atom is -0.340 e. The fourth-order valence-electron chi connectivity index (χ4n) is 2.17. The summed E-state index contributed by atoms with van der Waals surface area (Å²) < 4.78 is 39.9. The summed E-state index contributed by atoms with van der Waals surface area (Å²) in [6, 6.07) is 13.3. The van der Waals surface area contributed by atoms with Gasteiger partial charge < -0.3 is 5.32 Å². The maximum Gasteiger partial charge on any atom is 0.261 e. The van der Waals surface area contributed by atoms with Crippen LogP contribution in [0.3, 0.4) is 0 Å². The highest BCUT2D eigenvalue weighted by Gasteiger charge is 2.14. The zero-order valence-electron chi connectivity index (χ0n) is 13.7. The van der Waals surface area contributed by atoms with Gasteiger partial charge in [-0.1, -0.05) is 17.7 Å². The van der Waals surface area contributed by atoms with Crippen LogP contribution in [-0.4, -0.2) is 13.4 Å². The van der Waals surface area contributed by atoms with Crippen LogP contribution in [0.4, 0.5) is 21.6 Å². The summed E-state index contributed by atoms with van der Waals surface area (Å²) in [5.41, 5.74) is 2.03. The first-order valence-corrected chi connectivity index (χ1v) is 9.47. The molecule has 1 heterocycles.